The molecule has 12 heteroatoms. The molecule has 0 atom stereocenters. The van der Waals surface area contributed by atoms with E-state index in [1.54, 1.807) is 19.9 Å². The first-order valence-electron chi connectivity index (χ1n) is 8.96. The van der Waals surface area contributed by atoms with E-state index in [4.69, 9.17) is 0 Å². The predicted octanol–water partition coefficient (Wildman–Crippen LogP) is 2.93. The second-order valence-corrected chi connectivity index (χ2v) is 7.77. The van der Waals surface area contributed by atoms with Gasteiger partial charge in [0.25, 0.3) is 0 Å². The number of hydrogen-bond acceptors (Lipinski definition) is 4. The topological polar surface area (TPSA) is 83.0 Å². The number of aliphatic imine (C=N–C) groups is 1. The lowest BCUT2D eigenvalue weighted by Crippen LogP contribution is -2.42. The molecule has 0 aliphatic rings. The van der Waals surface area contributed by atoms with Crippen molar-refractivity contribution in [1.82, 2.24) is 14.9 Å². The van der Waals surface area contributed by atoms with Gasteiger partial charge in [0.2, 0.25) is 10.0 Å². The molecule has 1 aromatic rings. The fourth-order valence-corrected chi connectivity index (χ4v) is 3.81. The average molecular weight is 552 g/mol. The molecule has 0 bridgehead atoms. The first-order valence-corrected chi connectivity index (χ1v) is 10.6. The average Bonchev–Trinajstić information content (AvgIpc) is 2.60. The molecule has 0 aromatic heterocycles. The Morgan fingerprint density at radius 2 is 1.76 bits per heavy atom. The summed E-state index contributed by atoms with van der Waals surface area (Å²) in [6.45, 7) is 6.70. The molecule has 1 rings (SSSR count). The number of nitrogens with one attached hydrogen (secondary N) is 2. The molecule has 29 heavy (non-hydrogen) atoms. The van der Waals surface area contributed by atoms with Crippen LogP contribution in [-0.2, 0) is 16.6 Å². The van der Waals surface area contributed by atoms with Crippen molar-refractivity contribution in [2.24, 2.45) is 4.99 Å². The van der Waals surface area contributed by atoms with Gasteiger partial charge in [-0.1, -0.05) is 32.0 Å². The van der Waals surface area contributed by atoms with Crippen molar-refractivity contribution < 1.29 is 26.3 Å². The van der Waals surface area contributed by atoms with Gasteiger partial charge in [0.05, 0.1) is 12.3 Å². The third kappa shape index (κ3) is 10.3. The number of nitrogens with zero attached hydrogens (tertiary/aromatic N) is 2. The molecule has 0 saturated carbocycles. The smallest absolute Gasteiger partial charge is 0.405 e. The Kier molecular flexibility index (Phi) is 12.5. The van der Waals surface area contributed by atoms with Crippen molar-refractivity contribution in [3.05, 3.63) is 29.8 Å². The summed E-state index contributed by atoms with van der Waals surface area (Å²) in [5.41, 5.74) is 0.257. The third-order valence-electron chi connectivity index (χ3n) is 3.70. The maximum Gasteiger partial charge on any atom is 0.573 e. The van der Waals surface area contributed by atoms with Gasteiger partial charge in [0.1, 0.15) is 5.75 Å². The van der Waals surface area contributed by atoms with Crippen LogP contribution in [0.25, 0.3) is 0 Å². The maximum absolute atomic E-state index is 12.5. The van der Waals surface area contributed by atoms with E-state index in [0.717, 1.165) is 0 Å². The minimum absolute atomic E-state index is 0. The Balaban J connectivity index is 0.00000784. The van der Waals surface area contributed by atoms with Crippen LogP contribution in [0.2, 0.25) is 0 Å². The van der Waals surface area contributed by atoms with E-state index in [9.17, 15) is 21.6 Å². The number of hydrogen-bond donors (Lipinski definition) is 2. The Morgan fingerprint density at radius 3 is 2.31 bits per heavy atom. The number of guanidine groups is 1. The van der Waals surface area contributed by atoms with E-state index in [2.05, 4.69) is 20.4 Å². The Morgan fingerprint density at radius 1 is 1.14 bits per heavy atom. The largest absolute Gasteiger partial charge is 0.573 e. The number of rotatable bonds is 10. The van der Waals surface area contributed by atoms with Crippen LogP contribution in [0.3, 0.4) is 0 Å². The van der Waals surface area contributed by atoms with Crippen molar-refractivity contribution in [3.63, 3.8) is 0 Å². The van der Waals surface area contributed by atoms with E-state index in [0.29, 0.717) is 25.6 Å². The molecule has 0 fully saturated rings. The predicted molar refractivity (Wildman–Crippen MR) is 118 cm³/mol. The van der Waals surface area contributed by atoms with E-state index in [1.165, 1.54) is 22.5 Å². The molecule has 168 valence electrons. The molecule has 0 radical (unpaired) electrons. The molecule has 0 aliphatic carbocycles. The van der Waals surface area contributed by atoms with Gasteiger partial charge in [-0.3, -0.25) is 0 Å². The van der Waals surface area contributed by atoms with Crippen LogP contribution in [0, 0.1) is 0 Å². The molecule has 0 amide bonds. The zero-order valence-electron chi connectivity index (χ0n) is 16.6. The van der Waals surface area contributed by atoms with Crippen molar-refractivity contribution in [2.45, 2.75) is 33.7 Å². The summed E-state index contributed by atoms with van der Waals surface area (Å²) in [5.74, 6) is -0.134. The second-order valence-electron chi connectivity index (χ2n) is 5.68. The van der Waals surface area contributed by atoms with Gasteiger partial charge in [0, 0.05) is 31.7 Å². The van der Waals surface area contributed by atoms with Gasteiger partial charge in [-0.15, -0.1) is 37.1 Å². The van der Waals surface area contributed by atoms with Crippen LogP contribution in [0.4, 0.5) is 13.2 Å². The fourth-order valence-electron chi connectivity index (χ4n) is 2.41. The summed E-state index contributed by atoms with van der Waals surface area (Å²) in [6.07, 6.45) is -4.79. The number of ether oxygens (including phenoxy) is 1. The van der Waals surface area contributed by atoms with Crippen LogP contribution in [-0.4, -0.2) is 57.0 Å². The molecule has 0 spiro atoms. The highest BCUT2D eigenvalue weighted by Crippen LogP contribution is 2.26. The lowest BCUT2D eigenvalue weighted by Gasteiger charge is -2.19. The molecular weight excluding hydrogens is 524 g/mol. The summed E-state index contributed by atoms with van der Waals surface area (Å²) in [4.78, 5) is 4.22. The molecule has 0 saturated heterocycles. The van der Waals surface area contributed by atoms with Crippen LogP contribution in [0.1, 0.15) is 26.3 Å². The lowest BCUT2D eigenvalue weighted by molar-refractivity contribution is -0.274. The molecule has 1 aromatic carbocycles. The minimum atomic E-state index is -4.79. The van der Waals surface area contributed by atoms with E-state index in [1.807, 2.05) is 6.92 Å². The molecule has 0 unspecified atom stereocenters. The summed E-state index contributed by atoms with van der Waals surface area (Å²) in [7, 11) is -3.38. The van der Waals surface area contributed by atoms with Crippen LogP contribution < -0.4 is 15.4 Å². The normalized spacial score (nSPS) is 12.4. The lowest BCUT2D eigenvalue weighted by atomic mass is 10.2. The van der Waals surface area contributed by atoms with Crippen LogP contribution in [0.15, 0.2) is 29.3 Å². The molecule has 7 nitrogen and oxygen atoms in total. The highest BCUT2D eigenvalue weighted by Gasteiger charge is 2.31. The maximum atomic E-state index is 12.5. The fraction of sp³-hybridized carbons (Fsp3) is 0.588. The molecular formula is C17H28F3IN4O3S. The Hall–Kier alpha value is -1.28. The van der Waals surface area contributed by atoms with Gasteiger partial charge in [-0.25, -0.2) is 17.7 Å². The molecule has 0 heterocycles. The van der Waals surface area contributed by atoms with Crippen LogP contribution >= 0.6 is 24.0 Å². The summed E-state index contributed by atoms with van der Waals surface area (Å²) >= 11 is 0. The number of sulfonamides is 1. The Labute approximate surface area is 187 Å². The zero-order valence-corrected chi connectivity index (χ0v) is 19.8. The van der Waals surface area contributed by atoms with Crippen molar-refractivity contribution in [1.29, 1.82) is 0 Å². The number of halogens is 4. The van der Waals surface area contributed by atoms with E-state index < -0.39 is 16.4 Å². The highest BCUT2D eigenvalue weighted by atomic mass is 127. The van der Waals surface area contributed by atoms with E-state index in [-0.39, 0.29) is 54.1 Å². The number of para-hydroxylation sites is 1. The second kappa shape index (κ2) is 13.1. The zero-order chi connectivity index (χ0) is 21.2. The van der Waals surface area contributed by atoms with Crippen molar-refractivity contribution in [2.75, 3.05) is 31.9 Å². The van der Waals surface area contributed by atoms with Gasteiger partial charge >= 0.3 is 6.36 Å². The number of benzene rings is 1. The molecule has 2 N–H and O–H groups in total. The van der Waals surface area contributed by atoms with Gasteiger partial charge in [-0.05, 0) is 13.0 Å². The molecule has 0 aliphatic heterocycles. The van der Waals surface area contributed by atoms with Crippen molar-refractivity contribution in [3.8, 4) is 5.75 Å². The third-order valence-corrected chi connectivity index (χ3v) is 5.72. The monoisotopic (exact) mass is 552 g/mol. The summed E-state index contributed by atoms with van der Waals surface area (Å²) < 4.78 is 67.3. The quantitative estimate of drug-likeness (QED) is 0.265. The minimum Gasteiger partial charge on any atom is -0.405 e. The first-order chi connectivity index (χ1) is 13.1. The van der Waals surface area contributed by atoms with E-state index >= 15 is 0 Å². The Bertz CT molecular complexity index is 742. The standard InChI is InChI=1S/C17H27F3N4O3S.HI/c1-4-21-16(22-11-12-28(25,26)24(5-2)6-3)23-13-14-9-7-8-10-15(14)27-17(18,19)20;/h7-10H,4-6,11-13H2,1-3H3,(H2,21,22,23);1H. The summed E-state index contributed by atoms with van der Waals surface area (Å²) in [5, 5.41) is 5.82. The van der Waals surface area contributed by atoms with Gasteiger partial charge < -0.3 is 15.4 Å². The summed E-state index contributed by atoms with van der Waals surface area (Å²) in [6, 6.07) is 5.73. The SMILES string of the molecule is CCNC(=NCc1ccccc1OC(F)(F)F)NCCS(=O)(=O)N(CC)CC.I. The first kappa shape index (κ1) is 27.7. The van der Waals surface area contributed by atoms with Gasteiger partial charge in [-0.2, -0.15) is 0 Å². The van der Waals surface area contributed by atoms with Crippen LogP contribution in [0.5, 0.6) is 5.75 Å². The van der Waals surface area contributed by atoms with Gasteiger partial charge in [0.15, 0.2) is 5.96 Å². The van der Waals surface area contributed by atoms with Crippen molar-refractivity contribution >= 4 is 40.0 Å². The number of alkyl halides is 3. The highest BCUT2D eigenvalue weighted by molar-refractivity contribution is 14.0.